The normalized spacial score (nSPS) is 13.2. The highest BCUT2D eigenvalue weighted by molar-refractivity contribution is 6.30. The van der Waals surface area contributed by atoms with E-state index in [9.17, 15) is 0 Å². The smallest absolute Gasteiger partial charge is 0.0699 e. The summed E-state index contributed by atoms with van der Waals surface area (Å²) < 4.78 is 0. The molecule has 0 amide bonds. The van der Waals surface area contributed by atoms with E-state index in [2.05, 4.69) is 11.1 Å². The summed E-state index contributed by atoms with van der Waals surface area (Å²) in [7, 11) is 0. The summed E-state index contributed by atoms with van der Waals surface area (Å²) in [6, 6.07) is 3.98. The molecule has 0 saturated carbocycles. The molecule has 1 aromatic heterocycles. The molecule has 0 spiro atoms. The molecule has 1 aromatic rings. The zero-order valence-corrected chi connectivity index (χ0v) is 9.25. The van der Waals surface area contributed by atoms with Gasteiger partial charge in [-0.2, -0.15) is 0 Å². The molecule has 0 atom stereocenters. The van der Waals surface area contributed by atoms with Crippen molar-refractivity contribution < 1.29 is 0 Å². The number of nitrogens with zero attached hydrogens (tertiary/aromatic N) is 1. The maximum atomic E-state index is 5.88. The Hall–Kier alpha value is -1.08. The van der Waals surface area contributed by atoms with Crippen LogP contribution in [0.2, 0.25) is 0 Å². The predicted octanol–water partition coefficient (Wildman–Crippen LogP) is 2.20. The van der Waals surface area contributed by atoms with Gasteiger partial charge in [0.1, 0.15) is 0 Å². The van der Waals surface area contributed by atoms with Crippen molar-refractivity contribution in [2.75, 3.05) is 0 Å². The van der Waals surface area contributed by atoms with Crippen LogP contribution >= 0.6 is 11.6 Å². The molecule has 0 fully saturated rings. The first-order chi connectivity index (χ1) is 6.86. The highest BCUT2D eigenvalue weighted by atomic mass is 35.5. The zero-order chi connectivity index (χ0) is 10.4. The zero-order valence-electron chi connectivity index (χ0n) is 8.50. The largest absolute Gasteiger partial charge is 0.256 e. The lowest BCUT2D eigenvalue weighted by molar-refractivity contribution is 1.22. The molecule has 1 aliphatic carbocycles. The first-order valence-electron chi connectivity index (χ1n) is 4.84. The molecule has 0 bridgehead atoms. The molecule has 0 unspecified atom stereocenters. The van der Waals surface area contributed by atoms with Gasteiger partial charge in [-0.15, -0.1) is 0 Å². The highest BCUT2D eigenvalue weighted by Crippen LogP contribution is 2.08. The molecule has 1 heterocycles. The fraction of sp³-hybridized carbons (Fsp3) is 0.250. The molecule has 0 aromatic carbocycles. The van der Waals surface area contributed by atoms with Gasteiger partial charge in [0.2, 0.25) is 0 Å². The molecular formula is C12H14ClN. The van der Waals surface area contributed by atoms with Gasteiger partial charge in [-0.1, -0.05) is 37.6 Å². The number of rotatable bonds is 0. The fourth-order valence-electron chi connectivity index (χ4n) is 1.19. The molecule has 1 nitrogen and oxygen atoms in total. The number of aromatic nitrogens is 1. The number of allylic oxidation sites excluding steroid dienone is 2. The van der Waals surface area contributed by atoms with Gasteiger partial charge >= 0.3 is 0 Å². The lowest BCUT2D eigenvalue weighted by Crippen LogP contribution is -2.26. The molecule has 74 valence electrons. The minimum atomic E-state index is 0.802. The van der Waals surface area contributed by atoms with Gasteiger partial charge in [-0.3, -0.25) is 4.98 Å². The van der Waals surface area contributed by atoms with Crippen molar-refractivity contribution in [2.45, 2.75) is 20.3 Å². The van der Waals surface area contributed by atoms with Crippen molar-refractivity contribution in [2.24, 2.45) is 0 Å². The van der Waals surface area contributed by atoms with E-state index in [1.54, 1.807) is 6.20 Å². The number of fused-ring (bicyclic) bond motifs is 1. The topological polar surface area (TPSA) is 12.9 Å². The molecule has 2 rings (SSSR count). The average molecular weight is 208 g/mol. The van der Waals surface area contributed by atoms with E-state index in [0.29, 0.717) is 0 Å². The van der Waals surface area contributed by atoms with Crippen molar-refractivity contribution in [3.8, 4) is 0 Å². The van der Waals surface area contributed by atoms with Gasteiger partial charge in [0.15, 0.2) is 0 Å². The number of hydrogen-bond donors (Lipinski definition) is 0. The Morgan fingerprint density at radius 1 is 1.29 bits per heavy atom. The molecule has 1 aliphatic rings. The van der Waals surface area contributed by atoms with Crippen LogP contribution in [0.3, 0.4) is 0 Å². The summed E-state index contributed by atoms with van der Waals surface area (Å²) in [5, 5.41) is 3.01. The Kier molecular flexibility index (Phi) is 4.41. The minimum Gasteiger partial charge on any atom is -0.256 e. The SMILES string of the molecule is CC.ClC1=CC=c2ncccc2=CC1. The summed E-state index contributed by atoms with van der Waals surface area (Å²) in [6.07, 6.45) is 8.52. The fourth-order valence-corrected chi connectivity index (χ4v) is 1.33. The van der Waals surface area contributed by atoms with Gasteiger partial charge in [-0.25, -0.2) is 0 Å². The Morgan fingerprint density at radius 3 is 2.86 bits per heavy atom. The molecule has 0 aliphatic heterocycles. The van der Waals surface area contributed by atoms with E-state index in [0.717, 1.165) is 22.0 Å². The van der Waals surface area contributed by atoms with Crippen LogP contribution in [-0.4, -0.2) is 4.98 Å². The molecule has 14 heavy (non-hydrogen) atoms. The number of halogens is 1. The maximum Gasteiger partial charge on any atom is 0.0699 e. The van der Waals surface area contributed by atoms with Crippen LogP contribution in [-0.2, 0) is 0 Å². The van der Waals surface area contributed by atoms with E-state index < -0.39 is 0 Å². The van der Waals surface area contributed by atoms with Crippen LogP contribution in [0.4, 0.5) is 0 Å². The minimum absolute atomic E-state index is 0.802. The van der Waals surface area contributed by atoms with E-state index in [4.69, 9.17) is 11.6 Å². The van der Waals surface area contributed by atoms with Crippen molar-refractivity contribution in [1.29, 1.82) is 0 Å². The van der Waals surface area contributed by atoms with E-state index in [1.165, 1.54) is 0 Å². The summed E-state index contributed by atoms with van der Waals surface area (Å²) in [5.41, 5.74) is 0. The third kappa shape index (κ3) is 2.71. The first-order valence-corrected chi connectivity index (χ1v) is 5.22. The summed E-state index contributed by atoms with van der Waals surface area (Å²) >= 11 is 5.88. The highest BCUT2D eigenvalue weighted by Gasteiger charge is 1.92. The van der Waals surface area contributed by atoms with Crippen LogP contribution in [0.15, 0.2) is 29.4 Å². The van der Waals surface area contributed by atoms with E-state index >= 15 is 0 Å². The van der Waals surface area contributed by atoms with Crippen molar-refractivity contribution >= 4 is 23.8 Å². The summed E-state index contributed by atoms with van der Waals surface area (Å²) in [5.74, 6) is 0. The predicted molar refractivity (Wildman–Crippen MR) is 62.3 cm³/mol. The van der Waals surface area contributed by atoms with Crippen molar-refractivity contribution in [1.82, 2.24) is 4.98 Å². The van der Waals surface area contributed by atoms with Crippen molar-refractivity contribution in [3.05, 3.63) is 40.0 Å². The van der Waals surface area contributed by atoms with Gasteiger partial charge in [0, 0.05) is 17.6 Å². The third-order valence-corrected chi connectivity index (χ3v) is 2.09. The standard InChI is InChI=1S/C10H8ClN.C2H6/c11-9-4-3-8-2-1-7-12-10(8)6-5-9;1-2/h1-3,5-7H,4H2;1-2H3. The van der Waals surface area contributed by atoms with Gasteiger partial charge in [0.05, 0.1) is 5.35 Å². The molecule has 0 N–H and O–H groups in total. The molecule has 0 saturated heterocycles. The first kappa shape index (κ1) is 11.0. The van der Waals surface area contributed by atoms with Gasteiger partial charge in [-0.05, 0) is 23.4 Å². The second-order valence-corrected chi connectivity index (χ2v) is 3.15. The van der Waals surface area contributed by atoms with Crippen molar-refractivity contribution in [3.63, 3.8) is 0 Å². The molecular weight excluding hydrogens is 194 g/mol. The van der Waals surface area contributed by atoms with Crippen LogP contribution in [0.1, 0.15) is 20.3 Å². The van der Waals surface area contributed by atoms with Crippen LogP contribution in [0.5, 0.6) is 0 Å². The number of pyridine rings is 1. The lowest BCUT2D eigenvalue weighted by atomic mass is 10.3. The Bertz CT molecular complexity index is 432. The second-order valence-electron chi connectivity index (χ2n) is 2.67. The van der Waals surface area contributed by atoms with Crippen LogP contribution in [0, 0.1) is 0 Å². The second kappa shape index (κ2) is 5.61. The Balaban J connectivity index is 0.000000461. The monoisotopic (exact) mass is 207 g/mol. The lowest BCUT2D eigenvalue weighted by Gasteiger charge is -1.86. The molecule has 2 heteroatoms. The maximum absolute atomic E-state index is 5.88. The van der Waals surface area contributed by atoms with E-state index in [1.807, 2.05) is 38.1 Å². The van der Waals surface area contributed by atoms with Gasteiger partial charge < -0.3 is 0 Å². The Morgan fingerprint density at radius 2 is 2.07 bits per heavy atom. The van der Waals surface area contributed by atoms with Crippen LogP contribution < -0.4 is 10.6 Å². The molecule has 0 radical (unpaired) electrons. The summed E-state index contributed by atoms with van der Waals surface area (Å²) in [4.78, 5) is 4.22. The quantitative estimate of drug-likeness (QED) is 0.636. The third-order valence-electron chi connectivity index (χ3n) is 1.81. The number of hydrogen-bond acceptors (Lipinski definition) is 1. The van der Waals surface area contributed by atoms with Gasteiger partial charge in [0.25, 0.3) is 0 Å². The average Bonchev–Trinajstić information content (AvgIpc) is 2.45. The Labute approximate surface area is 89.4 Å². The van der Waals surface area contributed by atoms with E-state index in [-0.39, 0.29) is 0 Å². The summed E-state index contributed by atoms with van der Waals surface area (Å²) in [6.45, 7) is 4.00. The van der Waals surface area contributed by atoms with Crippen LogP contribution in [0.25, 0.3) is 12.2 Å².